The van der Waals surface area contributed by atoms with Crippen LogP contribution in [0.5, 0.6) is 28.7 Å². The van der Waals surface area contributed by atoms with Gasteiger partial charge in [-0.2, -0.15) is 0 Å². The van der Waals surface area contributed by atoms with Gasteiger partial charge in [-0.1, -0.05) is 12.1 Å². The maximum absolute atomic E-state index is 9.85. The summed E-state index contributed by atoms with van der Waals surface area (Å²) in [6.07, 6.45) is 0. The van der Waals surface area contributed by atoms with Gasteiger partial charge in [0.15, 0.2) is 28.6 Å². The summed E-state index contributed by atoms with van der Waals surface area (Å²) in [5, 5.41) is 9.85. The standard InChI is InChI=1S/C23H21NO6/c1-26-18-10-13(8-9-17(18)25)23-24-16-7-5-6-15(21(16)30-23)14-11-19(27-2)22(29-4)20(12-14)28-3/h5-12,25H,1-4H3. The third kappa shape index (κ3) is 3.24. The average molecular weight is 407 g/mol. The first-order valence-corrected chi connectivity index (χ1v) is 9.17. The molecule has 154 valence electrons. The Balaban J connectivity index is 1.88. The second-order valence-electron chi connectivity index (χ2n) is 6.47. The van der Waals surface area contributed by atoms with Gasteiger partial charge in [0, 0.05) is 11.1 Å². The van der Waals surface area contributed by atoms with Gasteiger partial charge in [-0.15, -0.1) is 0 Å². The van der Waals surface area contributed by atoms with Gasteiger partial charge >= 0.3 is 0 Å². The third-order valence-electron chi connectivity index (χ3n) is 4.82. The molecule has 7 heteroatoms. The fraction of sp³-hybridized carbons (Fsp3) is 0.174. The number of rotatable bonds is 6. The van der Waals surface area contributed by atoms with E-state index in [0.717, 1.165) is 11.1 Å². The smallest absolute Gasteiger partial charge is 0.227 e. The Bertz CT molecular complexity index is 1190. The van der Waals surface area contributed by atoms with Gasteiger partial charge in [0.1, 0.15) is 5.52 Å². The van der Waals surface area contributed by atoms with Gasteiger partial charge < -0.3 is 28.5 Å². The highest BCUT2D eigenvalue weighted by atomic mass is 16.5. The lowest BCUT2D eigenvalue weighted by atomic mass is 10.0. The van der Waals surface area contributed by atoms with Crippen LogP contribution >= 0.6 is 0 Å². The summed E-state index contributed by atoms with van der Waals surface area (Å²) in [4.78, 5) is 4.60. The van der Waals surface area contributed by atoms with E-state index in [1.54, 1.807) is 39.5 Å². The van der Waals surface area contributed by atoms with Crippen LogP contribution in [-0.2, 0) is 0 Å². The van der Waals surface area contributed by atoms with Crippen molar-refractivity contribution >= 4 is 11.1 Å². The fourth-order valence-corrected chi connectivity index (χ4v) is 3.35. The Labute approximate surface area is 173 Å². The number of para-hydroxylation sites is 1. The van der Waals surface area contributed by atoms with Crippen LogP contribution in [-0.4, -0.2) is 38.5 Å². The minimum absolute atomic E-state index is 0.0514. The summed E-state index contributed by atoms with van der Waals surface area (Å²) in [6, 6.07) is 14.4. The molecule has 0 saturated heterocycles. The summed E-state index contributed by atoms with van der Waals surface area (Å²) < 4.78 is 27.7. The van der Waals surface area contributed by atoms with E-state index in [1.807, 2.05) is 30.3 Å². The summed E-state index contributed by atoms with van der Waals surface area (Å²) in [5.41, 5.74) is 3.67. The van der Waals surface area contributed by atoms with Crippen molar-refractivity contribution in [1.29, 1.82) is 0 Å². The predicted molar refractivity (Wildman–Crippen MR) is 113 cm³/mol. The molecule has 1 N–H and O–H groups in total. The molecule has 4 aromatic rings. The lowest BCUT2D eigenvalue weighted by Gasteiger charge is -2.14. The minimum atomic E-state index is 0.0514. The van der Waals surface area contributed by atoms with Gasteiger partial charge in [-0.3, -0.25) is 0 Å². The number of oxazole rings is 1. The molecule has 0 atom stereocenters. The second kappa shape index (κ2) is 7.87. The Kier molecular flexibility index (Phi) is 5.10. The number of aromatic hydroxyl groups is 1. The topological polar surface area (TPSA) is 83.2 Å². The molecule has 0 aliphatic rings. The predicted octanol–water partition coefficient (Wildman–Crippen LogP) is 4.90. The van der Waals surface area contributed by atoms with Crippen molar-refractivity contribution in [3.8, 4) is 51.3 Å². The molecule has 0 aliphatic carbocycles. The van der Waals surface area contributed by atoms with Gasteiger partial charge in [-0.25, -0.2) is 4.98 Å². The molecule has 7 nitrogen and oxygen atoms in total. The molecule has 0 bridgehead atoms. The van der Waals surface area contributed by atoms with E-state index in [0.29, 0.717) is 45.6 Å². The SMILES string of the molecule is COc1cc(-c2nc3cccc(-c4cc(OC)c(OC)c(OC)c4)c3o2)ccc1O. The normalized spacial score (nSPS) is 10.8. The number of hydrogen-bond acceptors (Lipinski definition) is 7. The van der Waals surface area contributed by atoms with Crippen molar-refractivity contribution in [2.45, 2.75) is 0 Å². The molecule has 1 heterocycles. The lowest BCUT2D eigenvalue weighted by Crippen LogP contribution is -1.95. The molecule has 0 saturated carbocycles. The van der Waals surface area contributed by atoms with Gasteiger partial charge in [0.05, 0.1) is 28.4 Å². The van der Waals surface area contributed by atoms with Crippen LogP contribution in [0.3, 0.4) is 0 Å². The first-order valence-electron chi connectivity index (χ1n) is 9.17. The first-order chi connectivity index (χ1) is 14.6. The molecule has 0 fully saturated rings. The summed E-state index contributed by atoms with van der Waals surface area (Å²) in [6.45, 7) is 0. The molecule has 4 rings (SSSR count). The van der Waals surface area contributed by atoms with Crippen LogP contribution in [0.25, 0.3) is 33.7 Å². The number of hydrogen-bond donors (Lipinski definition) is 1. The molecule has 3 aromatic carbocycles. The highest BCUT2D eigenvalue weighted by molar-refractivity contribution is 5.92. The maximum atomic E-state index is 9.85. The van der Waals surface area contributed by atoms with Gasteiger partial charge in [-0.05, 0) is 42.0 Å². The number of benzene rings is 3. The quantitative estimate of drug-likeness (QED) is 0.487. The van der Waals surface area contributed by atoms with Gasteiger partial charge in [0.25, 0.3) is 0 Å². The largest absolute Gasteiger partial charge is 0.504 e. The lowest BCUT2D eigenvalue weighted by molar-refractivity contribution is 0.324. The zero-order valence-electron chi connectivity index (χ0n) is 17.1. The van der Waals surface area contributed by atoms with Gasteiger partial charge in [0.2, 0.25) is 11.6 Å². The Morgan fingerprint density at radius 3 is 2.07 bits per heavy atom. The number of phenols is 1. The van der Waals surface area contributed by atoms with Crippen molar-refractivity contribution in [2.75, 3.05) is 28.4 Å². The highest BCUT2D eigenvalue weighted by Gasteiger charge is 2.18. The summed E-state index contributed by atoms with van der Waals surface area (Å²) in [5.74, 6) is 2.43. The maximum Gasteiger partial charge on any atom is 0.227 e. The Morgan fingerprint density at radius 2 is 1.43 bits per heavy atom. The van der Waals surface area contributed by atoms with Crippen molar-refractivity contribution in [3.63, 3.8) is 0 Å². The van der Waals surface area contributed by atoms with Crippen LogP contribution < -0.4 is 18.9 Å². The van der Waals surface area contributed by atoms with E-state index in [9.17, 15) is 5.11 Å². The van der Waals surface area contributed by atoms with Crippen LogP contribution in [0.15, 0.2) is 52.9 Å². The molecule has 30 heavy (non-hydrogen) atoms. The molecule has 0 amide bonds. The van der Waals surface area contributed by atoms with Crippen LogP contribution in [0, 0.1) is 0 Å². The van der Waals surface area contributed by atoms with E-state index < -0.39 is 0 Å². The zero-order chi connectivity index (χ0) is 21.3. The number of methoxy groups -OCH3 is 4. The van der Waals surface area contributed by atoms with E-state index >= 15 is 0 Å². The fourth-order valence-electron chi connectivity index (χ4n) is 3.35. The summed E-state index contributed by atoms with van der Waals surface area (Å²) >= 11 is 0. The van der Waals surface area contributed by atoms with Crippen molar-refractivity contribution < 1.29 is 28.5 Å². The molecule has 0 spiro atoms. The first kappa shape index (κ1) is 19.4. The summed E-state index contributed by atoms with van der Waals surface area (Å²) in [7, 11) is 6.21. The molecule has 0 unspecified atom stereocenters. The Morgan fingerprint density at radius 1 is 0.767 bits per heavy atom. The third-order valence-corrected chi connectivity index (χ3v) is 4.82. The average Bonchev–Trinajstić information content (AvgIpc) is 3.22. The van der Waals surface area contributed by atoms with Crippen molar-refractivity contribution in [3.05, 3.63) is 48.5 Å². The van der Waals surface area contributed by atoms with Crippen LogP contribution in [0.2, 0.25) is 0 Å². The molecular weight excluding hydrogens is 386 g/mol. The van der Waals surface area contributed by atoms with E-state index in [4.69, 9.17) is 23.4 Å². The monoisotopic (exact) mass is 407 g/mol. The van der Waals surface area contributed by atoms with Crippen molar-refractivity contribution in [1.82, 2.24) is 4.98 Å². The number of ether oxygens (including phenoxy) is 4. The number of nitrogens with zero attached hydrogens (tertiary/aromatic N) is 1. The number of fused-ring (bicyclic) bond motifs is 1. The molecule has 0 radical (unpaired) electrons. The Hall–Kier alpha value is -3.87. The molecule has 0 aliphatic heterocycles. The number of aromatic nitrogens is 1. The second-order valence-corrected chi connectivity index (χ2v) is 6.47. The van der Waals surface area contributed by atoms with Crippen LogP contribution in [0.4, 0.5) is 0 Å². The van der Waals surface area contributed by atoms with Crippen LogP contribution in [0.1, 0.15) is 0 Å². The van der Waals surface area contributed by atoms with E-state index in [1.165, 1.54) is 7.11 Å². The molecule has 1 aromatic heterocycles. The molecular formula is C23H21NO6. The van der Waals surface area contributed by atoms with E-state index in [-0.39, 0.29) is 5.75 Å². The minimum Gasteiger partial charge on any atom is -0.504 e. The van der Waals surface area contributed by atoms with Crippen molar-refractivity contribution in [2.24, 2.45) is 0 Å². The van der Waals surface area contributed by atoms with E-state index in [2.05, 4.69) is 4.98 Å². The highest BCUT2D eigenvalue weighted by Crippen LogP contribution is 2.43. The zero-order valence-corrected chi connectivity index (χ0v) is 17.1. The number of phenolic OH excluding ortho intramolecular Hbond substituents is 1.